The second-order valence-electron chi connectivity index (χ2n) is 3.00. The van der Waals surface area contributed by atoms with Gasteiger partial charge in [-0.3, -0.25) is 0 Å². The zero-order valence-electron chi connectivity index (χ0n) is 9.42. The molecule has 0 saturated heterocycles. The molecule has 0 aliphatic heterocycles. The van der Waals surface area contributed by atoms with E-state index < -0.39 is 11.6 Å². The zero-order valence-corrected chi connectivity index (χ0v) is 13.0. The van der Waals surface area contributed by atoms with Crippen molar-refractivity contribution in [2.75, 3.05) is 0 Å². The van der Waals surface area contributed by atoms with E-state index in [0.717, 1.165) is 19.4 Å². The molecule has 0 heterocycles. The van der Waals surface area contributed by atoms with Gasteiger partial charge in [0.25, 0.3) is 0 Å². The molecule has 0 unspecified atom stereocenters. The summed E-state index contributed by atoms with van der Waals surface area (Å²) in [6.45, 7) is 0. The molecule has 2 aromatic carbocycles. The molecule has 7 heteroatoms. The number of benzene rings is 2. The third kappa shape index (κ3) is 6.95. The Labute approximate surface area is 131 Å². The van der Waals surface area contributed by atoms with Crippen molar-refractivity contribution in [3.8, 4) is 0 Å². The minimum atomic E-state index is -1.42. The Morgan fingerprint density at radius 1 is 1.00 bits per heavy atom. The maximum absolute atomic E-state index is 12.9. The molecule has 0 spiro atoms. The van der Waals surface area contributed by atoms with Crippen molar-refractivity contribution < 1.29 is 40.2 Å². The molecule has 2 aromatic rings. The summed E-state index contributed by atoms with van der Waals surface area (Å²) in [5.41, 5.74) is 0. The van der Waals surface area contributed by atoms with Gasteiger partial charge in [-0.1, -0.05) is 0 Å². The molecule has 105 valence electrons. The van der Waals surface area contributed by atoms with E-state index in [0.29, 0.717) is 0 Å². The minimum Gasteiger partial charge on any atom is -1.00 e. The van der Waals surface area contributed by atoms with Gasteiger partial charge >= 0.3 is 99.2 Å². The molecule has 0 aliphatic carbocycles. The molecule has 0 bridgehead atoms. The van der Waals surface area contributed by atoms with Gasteiger partial charge in [-0.05, 0) is 0 Å². The van der Waals surface area contributed by atoms with E-state index in [2.05, 4.69) is 0 Å². The van der Waals surface area contributed by atoms with Gasteiger partial charge in [0, 0.05) is 0 Å². The van der Waals surface area contributed by atoms with Crippen LogP contribution in [0.2, 0.25) is 5.02 Å². The van der Waals surface area contributed by atoms with Gasteiger partial charge in [-0.15, -0.1) is 0 Å². The first-order valence-electron chi connectivity index (χ1n) is 4.79. The van der Waals surface area contributed by atoms with Crippen LogP contribution >= 0.6 is 11.6 Å². The molecule has 2 nitrogen and oxygen atoms in total. The predicted molar refractivity (Wildman–Crippen MR) is 68.8 cm³/mol. The van der Waals surface area contributed by atoms with Crippen LogP contribution in [0.5, 0.6) is 0 Å². The van der Waals surface area contributed by atoms with Crippen molar-refractivity contribution in [1.29, 1.82) is 0 Å². The second-order valence-corrected chi connectivity index (χ2v) is 5.12. The van der Waals surface area contributed by atoms with Crippen LogP contribution in [-0.4, -0.2) is 8.42 Å². The van der Waals surface area contributed by atoms with Crippen molar-refractivity contribution in [2.45, 2.75) is 0 Å². The second kappa shape index (κ2) is 10.2. The summed E-state index contributed by atoms with van der Waals surface area (Å²) in [7, 11) is 0. The van der Waals surface area contributed by atoms with Crippen molar-refractivity contribution in [1.82, 2.24) is 0 Å². The van der Waals surface area contributed by atoms with Crippen LogP contribution in [0.25, 0.3) is 0 Å². The van der Waals surface area contributed by atoms with Crippen LogP contribution in [0.4, 0.5) is 4.39 Å². The van der Waals surface area contributed by atoms with Gasteiger partial charge in [0.1, 0.15) is 11.6 Å². The smallest absolute Gasteiger partial charge is 0.129 e. The maximum atomic E-state index is 12.9. The molecule has 19 heavy (non-hydrogen) atoms. The summed E-state index contributed by atoms with van der Waals surface area (Å²) >= 11 is 5.07. The summed E-state index contributed by atoms with van der Waals surface area (Å²) in [5.74, 6) is -0.367. The number of hydrogen-bond donors (Lipinski definition) is 0. The van der Waals surface area contributed by atoms with Crippen LogP contribution in [0.1, 0.15) is 0 Å². The first-order chi connectivity index (χ1) is 8.67. The molecule has 0 saturated carbocycles. The Hall–Kier alpha value is -0.581. The van der Waals surface area contributed by atoms with Gasteiger partial charge < -0.3 is 12.4 Å². The van der Waals surface area contributed by atoms with Crippen molar-refractivity contribution >= 4 is 32.1 Å². The summed E-state index contributed by atoms with van der Waals surface area (Å²) in [6.07, 6.45) is 0. The van der Waals surface area contributed by atoms with Gasteiger partial charge in [-0.2, -0.15) is 0 Å². The zero-order chi connectivity index (χ0) is 13.4. The van der Waals surface area contributed by atoms with Crippen LogP contribution in [0.15, 0.2) is 48.5 Å². The van der Waals surface area contributed by atoms with Crippen LogP contribution < -0.4 is 21.3 Å². The Morgan fingerprint density at radius 3 is 2.11 bits per heavy atom. The summed E-state index contributed by atoms with van der Waals surface area (Å²) in [6, 6.07) is 14.9. The normalized spacial score (nSPS) is 8.95. The van der Waals surface area contributed by atoms with Gasteiger partial charge in [-0.25, -0.2) is 8.42 Å². The predicted octanol–water partition coefficient (Wildman–Crippen LogP) is -1.69. The van der Waals surface area contributed by atoms with E-state index >= 15 is 0 Å². The largest absolute Gasteiger partial charge is 1.00 e. The summed E-state index contributed by atoms with van der Waals surface area (Å²) in [5, 5.41) is 0.184. The molecule has 0 fully saturated rings. The van der Waals surface area contributed by atoms with E-state index in [-0.39, 0.29) is 23.2 Å². The summed E-state index contributed by atoms with van der Waals surface area (Å²) in [4.78, 5) is 0. The molecule has 0 aliphatic rings. The van der Waals surface area contributed by atoms with E-state index in [9.17, 15) is 4.39 Å². The number of rotatable bonds is 2. The SMILES string of the molecule is Fc1cc[c]([Fe+][c]2ccccc2)cc1Cl.O=[SH2]=O.[Cl-]. The summed E-state index contributed by atoms with van der Waals surface area (Å²) < 4.78 is 31.9. The fraction of sp³-hybridized carbons (Fsp3) is 0. The number of hydrogen-bond acceptors (Lipinski definition) is 2. The number of halogens is 3. The molecule has 0 atom stereocenters. The van der Waals surface area contributed by atoms with E-state index in [1.165, 1.54) is 10.5 Å². The Morgan fingerprint density at radius 2 is 1.58 bits per heavy atom. The van der Waals surface area contributed by atoms with Gasteiger partial charge in [0.15, 0.2) is 0 Å². The standard InChI is InChI=1S/C6H3ClF.C6H5.ClH.Fe.H2O2S/c7-5-3-1-2-4-6(5)8;1-2-4-6-5-3-1;;;1-3-2/h2-4H;1-5H;1H;;3H2/q;;;+1;/p-1. The molecule has 0 radical (unpaired) electrons. The van der Waals surface area contributed by atoms with Crippen molar-refractivity contribution in [2.24, 2.45) is 0 Å². The van der Waals surface area contributed by atoms with Crippen molar-refractivity contribution in [3.05, 3.63) is 59.4 Å². The average molecular weight is 364 g/mol. The van der Waals surface area contributed by atoms with E-state index in [1.807, 2.05) is 30.3 Å². The van der Waals surface area contributed by atoms with Gasteiger partial charge in [0.2, 0.25) is 0 Å². The third-order valence-electron chi connectivity index (χ3n) is 1.80. The monoisotopic (exact) mass is 363 g/mol. The van der Waals surface area contributed by atoms with E-state index in [1.54, 1.807) is 12.1 Å². The quantitative estimate of drug-likeness (QED) is 0.597. The van der Waals surface area contributed by atoms with E-state index in [4.69, 9.17) is 20.0 Å². The molecular weight excluding hydrogens is 354 g/mol. The van der Waals surface area contributed by atoms with Crippen LogP contribution in [0.3, 0.4) is 0 Å². The fourth-order valence-corrected chi connectivity index (χ4v) is 2.56. The minimum absolute atomic E-state index is 0. The van der Waals surface area contributed by atoms with Crippen LogP contribution in [-0.2, 0) is 26.5 Å². The van der Waals surface area contributed by atoms with Crippen LogP contribution in [0, 0.1) is 5.82 Å². The average Bonchev–Trinajstić information content (AvgIpc) is 2.36. The fourth-order valence-electron chi connectivity index (χ4n) is 1.11. The topological polar surface area (TPSA) is 34.1 Å². The molecule has 0 amide bonds. The molecule has 0 aromatic heterocycles. The molecular formula is C12H10Cl2FFeO2S. The Balaban J connectivity index is 0.000000742. The Kier molecular flexibility index (Phi) is 9.92. The maximum Gasteiger partial charge on any atom is 0.129 e. The molecule has 2 rings (SSSR count). The first kappa shape index (κ1) is 18.4. The first-order valence-corrected chi connectivity index (χ1v) is 7.09. The third-order valence-corrected chi connectivity index (χ3v) is 3.44. The van der Waals surface area contributed by atoms with Crippen molar-refractivity contribution in [3.63, 3.8) is 0 Å². The van der Waals surface area contributed by atoms with Gasteiger partial charge in [0.05, 0.1) is 0 Å². The Bertz CT molecular complexity index is 549. The molecule has 0 N–H and O–H groups in total.